The molecule has 1 saturated carbocycles. The van der Waals surface area contributed by atoms with E-state index in [0.29, 0.717) is 12.3 Å². The van der Waals surface area contributed by atoms with Crippen LogP contribution in [-0.2, 0) is 4.79 Å². The summed E-state index contributed by atoms with van der Waals surface area (Å²) in [6.07, 6.45) is 4.28. The molecule has 1 heterocycles. The van der Waals surface area contributed by atoms with Gasteiger partial charge in [-0.2, -0.15) is 0 Å². The largest absolute Gasteiger partial charge is 0.480 e. The summed E-state index contributed by atoms with van der Waals surface area (Å²) in [6, 6.07) is -0.915. The highest BCUT2D eigenvalue weighted by atomic mass is 32.2. The van der Waals surface area contributed by atoms with E-state index in [1.807, 2.05) is 6.92 Å². The van der Waals surface area contributed by atoms with Crippen LogP contribution in [0.2, 0.25) is 0 Å². The van der Waals surface area contributed by atoms with Gasteiger partial charge in [-0.15, -0.1) is 11.8 Å². The van der Waals surface area contributed by atoms with Gasteiger partial charge in [-0.05, 0) is 24.7 Å². The molecule has 0 aromatic heterocycles. The lowest BCUT2D eigenvalue weighted by molar-refractivity contribution is -0.141. The summed E-state index contributed by atoms with van der Waals surface area (Å²) in [5, 5.41) is 12.1. The molecule has 2 N–H and O–H groups in total. The fourth-order valence-corrected chi connectivity index (χ4v) is 4.02. The van der Waals surface area contributed by atoms with E-state index in [0.717, 1.165) is 19.3 Å². The third-order valence-corrected chi connectivity index (χ3v) is 5.64. The Morgan fingerprint density at radius 2 is 2.16 bits per heavy atom. The Balaban J connectivity index is 1.96. The van der Waals surface area contributed by atoms with Crippen LogP contribution < -0.4 is 5.32 Å². The molecule has 0 radical (unpaired) electrons. The topological polar surface area (TPSA) is 69.6 Å². The Labute approximate surface area is 118 Å². The minimum atomic E-state index is -0.909. The highest BCUT2D eigenvalue weighted by molar-refractivity contribution is 8.00. The number of aliphatic carboxylic acids is 1. The standard InChI is InChI=1S/C13H22N2O3S/c1-3-10-15(9(7-19-10)11(16)17)12(18)14-8-13(2)5-4-6-13/h9-10H,3-8H2,1-2H3,(H,14,18)(H,16,17). The molecule has 2 amide bonds. The second-order valence-corrected chi connectivity index (χ2v) is 6.99. The Morgan fingerprint density at radius 1 is 1.47 bits per heavy atom. The Bertz CT molecular complexity index is 371. The van der Waals surface area contributed by atoms with Crippen LogP contribution in [0.25, 0.3) is 0 Å². The van der Waals surface area contributed by atoms with Crippen LogP contribution in [0, 0.1) is 5.41 Å². The number of hydrogen-bond donors (Lipinski definition) is 2. The number of carboxylic acid groups (broad SMARTS) is 1. The Hall–Kier alpha value is -0.910. The monoisotopic (exact) mass is 286 g/mol. The zero-order valence-electron chi connectivity index (χ0n) is 11.5. The lowest BCUT2D eigenvalue weighted by Crippen LogP contribution is -2.52. The maximum atomic E-state index is 12.3. The van der Waals surface area contributed by atoms with Crippen molar-refractivity contribution in [2.45, 2.75) is 50.9 Å². The molecule has 2 atom stereocenters. The van der Waals surface area contributed by atoms with Crippen molar-refractivity contribution in [3.05, 3.63) is 0 Å². The molecule has 1 saturated heterocycles. The first-order chi connectivity index (χ1) is 8.97. The predicted molar refractivity (Wildman–Crippen MR) is 75.2 cm³/mol. The summed E-state index contributed by atoms with van der Waals surface area (Å²) < 4.78 is 0. The number of urea groups is 1. The summed E-state index contributed by atoms with van der Waals surface area (Å²) in [5.74, 6) is -0.424. The number of carbonyl (C=O) groups excluding carboxylic acids is 1. The van der Waals surface area contributed by atoms with Crippen molar-refractivity contribution in [2.24, 2.45) is 5.41 Å². The predicted octanol–water partition coefficient (Wildman–Crippen LogP) is 2.12. The molecule has 1 aliphatic heterocycles. The lowest BCUT2D eigenvalue weighted by Gasteiger charge is -2.39. The van der Waals surface area contributed by atoms with Gasteiger partial charge in [0.05, 0.1) is 5.37 Å². The van der Waals surface area contributed by atoms with Gasteiger partial charge in [-0.1, -0.05) is 20.3 Å². The summed E-state index contributed by atoms with van der Waals surface area (Å²) >= 11 is 1.55. The first kappa shape index (κ1) is 14.5. The molecule has 1 aliphatic carbocycles. The van der Waals surface area contributed by atoms with Crippen LogP contribution in [0.1, 0.15) is 39.5 Å². The highest BCUT2D eigenvalue weighted by Crippen LogP contribution is 2.39. The molecule has 19 heavy (non-hydrogen) atoms. The number of thioether (sulfide) groups is 1. The first-order valence-corrected chi connectivity index (χ1v) is 7.92. The summed E-state index contributed by atoms with van der Waals surface area (Å²) in [5.41, 5.74) is 0.211. The number of nitrogens with one attached hydrogen (secondary N) is 1. The third-order valence-electron chi connectivity index (χ3n) is 4.19. The van der Waals surface area contributed by atoms with Crippen molar-refractivity contribution in [1.29, 1.82) is 0 Å². The lowest BCUT2D eigenvalue weighted by atomic mass is 9.70. The van der Waals surface area contributed by atoms with E-state index >= 15 is 0 Å². The second-order valence-electron chi connectivity index (χ2n) is 5.78. The van der Waals surface area contributed by atoms with Crippen LogP contribution in [0.5, 0.6) is 0 Å². The van der Waals surface area contributed by atoms with E-state index in [1.165, 1.54) is 11.3 Å². The molecule has 108 valence electrons. The van der Waals surface area contributed by atoms with Crippen molar-refractivity contribution in [3.63, 3.8) is 0 Å². The van der Waals surface area contributed by atoms with Gasteiger partial charge in [-0.25, -0.2) is 9.59 Å². The average molecular weight is 286 g/mol. The van der Waals surface area contributed by atoms with E-state index < -0.39 is 12.0 Å². The van der Waals surface area contributed by atoms with Gasteiger partial charge in [0.2, 0.25) is 0 Å². The zero-order valence-corrected chi connectivity index (χ0v) is 12.3. The minimum Gasteiger partial charge on any atom is -0.480 e. The van der Waals surface area contributed by atoms with Gasteiger partial charge in [0, 0.05) is 12.3 Å². The fraction of sp³-hybridized carbons (Fsp3) is 0.846. The van der Waals surface area contributed by atoms with Crippen LogP contribution in [0.4, 0.5) is 4.79 Å². The number of hydrogen-bond acceptors (Lipinski definition) is 3. The van der Waals surface area contributed by atoms with Gasteiger partial charge >= 0.3 is 12.0 Å². The van der Waals surface area contributed by atoms with E-state index in [9.17, 15) is 14.7 Å². The average Bonchev–Trinajstić information content (AvgIpc) is 2.77. The molecular weight excluding hydrogens is 264 g/mol. The fourth-order valence-electron chi connectivity index (χ4n) is 2.68. The summed E-state index contributed by atoms with van der Waals surface area (Å²) in [4.78, 5) is 25.0. The molecule has 0 aromatic carbocycles. The van der Waals surface area contributed by atoms with Crippen LogP contribution >= 0.6 is 11.8 Å². The third kappa shape index (κ3) is 2.99. The molecule has 2 unspecified atom stereocenters. The van der Waals surface area contributed by atoms with Crippen molar-refractivity contribution in [3.8, 4) is 0 Å². The summed E-state index contributed by atoms with van der Waals surface area (Å²) in [7, 11) is 0. The van der Waals surface area contributed by atoms with Gasteiger partial charge < -0.3 is 10.4 Å². The van der Waals surface area contributed by atoms with Gasteiger partial charge in [0.25, 0.3) is 0 Å². The van der Waals surface area contributed by atoms with Gasteiger partial charge in [-0.3, -0.25) is 4.90 Å². The Kier molecular flexibility index (Phi) is 4.28. The molecule has 0 spiro atoms. The first-order valence-electron chi connectivity index (χ1n) is 6.87. The van der Waals surface area contributed by atoms with Crippen molar-refractivity contribution < 1.29 is 14.7 Å². The van der Waals surface area contributed by atoms with Crippen molar-refractivity contribution >= 4 is 23.8 Å². The van der Waals surface area contributed by atoms with E-state index in [2.05, 4.69) is 12.2 Å². The SMILES string of the molecule is CCC1SCC(C(=O)O)N1C(=O)NCC1(C)CCC1. The Morgan fingerprint density at radius 3 is 2.63 bits per heavy atom. The van der Waals surface area contributed by atoms with Crippen LogP contribution in [0.3, 0.4) is 0 Å². The number of rotatable bonds is 4. The molecule has 2 aliphatic rings. The normalized spacial score (nSPS) is 28.8. The number of carboxylic acids is 1. The van der Waals surface area contributed by atoms with Crippen LogP contribution in [0.15, 0.2) is 0 Å². The van der Waals surface area contributed by atoms with Crippen molar-refractivity contribution in [2.75, 3.05) is 12.3 Å². The van der Waals surface area contributed by atoms with Gasteiger partial charge in [0.15, 0.2) is 0 Å². The maximum absolute atomic E-state index is 12.3. The van der Waals surface area contributed by atoms with Crippen molar-refractivity contribution in [1.82, 2.24) is 10.2 Å². The van der Waals surface area contributed by atoms with E-state index in [1.54, 1.807) is 11.8 Å². The minimum absolute atomic E-state index is 0.0182. The second kappa shape index (κ2) is 5.61. The number of nitrogens with zero attached hydrogens (tertiary/aromatic N) is 1. The highest BCUT2D eigenvalue weighted by Gasteiger charge is 2.41. The molecule has 6 heteroatoms. The van der Waals surface area contributed by atoms with E-state index in [-0.39, 0.29) is 16.8 Å². The molecule has 0 bridgehead atoms. The maximum Gasteiger partial charge on any atom is 0.327 e. The molecule has 0 aromatic rings. The molecular formula is C13H22N2O3S. The number of carbonyl (C=O) groups is 2. The zero-order chi connectivity index (χ0) is 14.0. The smallest absolute Gasteiger partial charge is 0.327 e. The molecule has 2 fully saturated rings. The van der Waals surface area contributed by atoms with Crippen LogP contribution in [-0.4, -0.2) is 45.7 Å². The molecule has 2 rings (SSSR count). The molecule has 5 nitrogen and oxygen atoms in total. The van der Waals surface area contributed by atoms with E-state index in [4.69, 9.17) is 0 Å². The number of amides is 2. The quantitative estimate of drug-likeness (QED) is 0.830. The van der Waals surface area contributed by atoms with Gasteiger partial charge in [0.1, 0.15) is 6.04 Å². The summed E-state index contributed by atoms with van der Waals surface area (Å²) in [6.45, 7) is 4.80.